The molecule has 3 aromatic rings. The molecule has 0 aliphatic carbocycles. The zero-order valence-corrected chi connectivity index (χ0v) is 23.3. The summed E-state index contributed by atoms with van der Waals surface area (Å²) in [4.78, 5) is 24.7. The molecule has 8 nitrogen and oxygen atoms in total. The van der Waals surface area contributed by atoms with Crippen LogP contribution in [0.15, 0.2) is 82.8 Å². The van der Waals surface area contributed by atoms with Crippen LogP contribution in [-0.2, 0) is 11.2 Å². The number of carboxylic acids is 1. The highest BCUT2D eigenvalue weighted by Crippen LogP contribution is 2.33. The molecule has 3 N–H and O–H groups in total. The molecule has 1 aliphatic rings. The molecule has 3 aromatic carbocycles. The molecule has 0 amide bonds. The molecule has 1 unspecified atom stereocenters. The van der Waals surface area contributed by atoms with E-state index in [1.165, 1.54) is 11.3 Å². The van der Waals surface area contributed by atoms with Crippen LogP contribution in [0.2, 0.25) is 0 Å². The van der Waals surface area contributed by atoms with Gasteiger partial charge in [-0.05, 0) is 60.7 Å². The molecule has 1 saturated heterocycles. The van der Waals surface area contributed by atoms with Crippen molar-refractivity contribution in [2.45, 2.75) is 39.3 Å². The molecule has 1 fully saturated rings. The van der Waals surface area contributed by atoms with E-state index in [9.17, 15) is 9.90 Å². The molecule has 1 aliphatic heterocycles. The minimum absolute atomic E-state index is 0.103. The van der Waals surface area contributed by atoms with Crippen LogP contribution >= 0.6 is 0 Å². The Morgan fingerprint density at radius 3 is 2.40 bits per heavy atom. The Morgan fingerprint density at radius 2 is 1.73 bits per heavy atom. The van der Waals surface area contributed by atoms with E-state index in [1.807, 2.05) is 55.5 Å². The molecule has 1 atom stereocenters. The molecular formula is C32H39N5O3. The highest BCUT2D eigenvalue weighted by atomic mass is 16.4. The lowest BCUT2D eigenvalue weighted by molar-refractivity contribution is -0.137. The van der Waals surface area contributed by atoms with Gasteiger partial charge < -0.3 is 20.4 Å². The van der Waals surface area contributed by atoms with E-state index < -0.39 is 12.2 Å². The Labute approximate surface area is 236 Å². The third-order valence-corrected chi connectivity index (χ3v) is 7.06. The third-order valence-electron chi connectivity index (χ3n) is 7.06. The Kier molecular flexibility index (Phi) is 10.4. The average molecular weight is 542 g/mol. The average Bonchev–Trinajstić information content (AvgIpc) is 2.99. The van der Waals surface area contributed by atoms with E-state index in [0.29, 0.717) is 30.2 Å². The standard InChI is InChI=1S/C32H39N5O3/c1-3-25-11-14-28(15-12-25)36-18-20-37(21-19-36)32(40)27-13-16-29(34-23-26-8-5-4-6-9-26)30(22-27)35-24(2)33-17-7-10-31(38)39/h4-6,8-9,11-16,22-23,32,40H,3,7,10,17-21H2,1-2H3,(H,33,35)(H,38,39)/b34-23+. The third kappa shape index (κ3) is 8.24. The van der Waals surface area contributed by atoms with Crippen molar-refractivity contribution in [1.82, 2.24) is 10.2 Å². The first kappa shape index (κ1) is 29.0. The predicted octanol–water partition coefficient (Wildman–Crippen LogP) is 5.32. The monoisotopic (exact) mass is 541 g/mol. The van der Waals surface area contributed by atoms with E-state index in [1.54, 1.807) is 6.21 Å². The van der Waals surface area contributed by atoms with Gasteiger partial charge in [0.15, 0.2) is 0 Å². The highest BCUT2D eigenvalue weighted by Gasteiger charge is 2.24. The lowest BCUT2D eigenvalue weighted by Crippen LogP contribution is -2.47. The van der Waals surface area contributed by atoms with Gasteiger partial charge in [0.05, 0.1) is 17.2 Å². The number of piperazine rings is 1. The molecule has 0 spiro atoms. The zero-order chi connectivity index (χ0) is 28.3. The molecule has 8 heteroatoms. The van der Waals surface area contributed by atoms with Crippen molar-refractivity contribution >= 4 is 35.1 Å². The smallest absolute Gasteiger partial charge is 0.303 e. The number of aryl methyl sites for hydroxylation is 1. The number of benzene rings is 3. The summed E-state index contributed by atoms with van der Waals surface area (Å²) in [6.07, 6.45) is 2.69. The molecule has 210 valence electrons. The van der Waals surface area contributed by atoms with Crippen molar-refractivity contribution in [3.63, 3.8) is 0 Å². The minimum atomic E-state index is -0.814. The summed E-state index contributed by atoms with van der Waals surface area (Å²) in [5.41, 5.74) is 5.62. The maximum Gasteiger partial charge on any atom is 0.303 e. The number of aliphatic carboxylic acids is 1. The molecule has 1 heterocycles. The maximum atomic E-state index is 11.3. The number of carbonyl (C=O) groups is 1. The summed E-state index contributed by atoms with van der Waals surface area (Å²) >= 11 is 0. The Hall–Kier alpha value is -4.01. The number of hydrogen-bond acceptors (Lipinski definition) is 6. The van der Waals surface area contributed by atoms with Crippen LogP contribution in [0.5, 0.6) is 0 Å². The first-order valence-electron chi connectivity index (χ1n) is 13.9. The van der Waals surface area contributed by atoms with E-state index in [0.717, 1.165) is 43.7 Å². The number of aliphatic hydroxyl groups is 1. The van der Waals surface area contributed by atoms with Crippen molar-refractivity contribution in [3.8, 4) is 0 Å². The molecule has 0 saturated carbocycles. The van der Waals surface area contributed by atoms with Gasteiger partial charge in [-0.1, -0.05) is 55.5 Å². The number of nitrogens with zero attached hydrogens (tertiary/aromatic N) is 4. The minimum Gasteiger partial charge on any atom is -0.481 e. The van der Waals surface area contributed by atoms with Crippen LogP contribution in [0.3, 0.4) is 0 Å². The van der Waals surface area contributed by atoms with Crippen LogP contribution in [-0.4, -0.2) is 65.9 Å². The van der Waals surface area contributed by atoms with Gasteiger partial charge in [0, 0.05) is 51.0 Å². The maximum absolute atomic E-state index is 11.3. The van der Waals surface area contributed by atoms with Crippen molar-refractivity contribution in [3.05, 3.63) is 89.5 Å². The lowest BCUT2D eigenvalue weighted by Gasteiger charge is -2.38. The topological polar surface area (TPSA) is 101 Å². The number of aliphatic imine (C=N–C) groups is 2. The van der Waals surface area contributed by atoms with E-state index in [2.05, 4.69) is 51.3 Å². The fourth-order valence-electron chi connectivity index (χ4n) is 4.69. The van der Waals surface area contributed by atoms with Crippen molar-refractivity contribution < 1.29 is 15.0 Å². The van der Waals surface area contributed by atoms with Gasteiger partial charge in [0.2, 0.25) is 0 Å². The summed E-state index contributed by atoms with van der Waals surface area (Å²) < 4.78 is 0. The van der Waals surface area contributed by atoms with Crippen molar-refractivity contribution in [2.24, 2.45) is 9.98 Å². The van der Waals surface area contributed by atoms with Crippen LogP contribution in [0, 0.1) is 0 Å². The number of amidine groups is 1. The summed E-state index contributed by atoms with van der Waals surface area (Å²) in [5, 5.41) is 23.4. The highest BCUT2D eigenvalue weighted by molar-refractivity contribution is 5.87. The summed E-state index contributed by atoms with van der Waals surface area (Å²) in [7, 11) is 0. The first-order chi connectivity index (χ1) is 19.4. The van der Waals surface area contributed by atoms with Crippen LogP contribution < -0.4 is 10.2 Å². The number of carboxylic acid groups (broad SMARTS) is 1. The summed E-state index contributed by atoms with van der Waals surface area (Å²) in [5.74, 6) is -0.151. The van der Waals surface area contributed by atoms with Crippen molar-refractivity contribution in [2.75, 3.05) is 37.6 Å². The second-order valence-corrected chi connectivity index (χ2v) is 9.96. The fraction of sp³-hybridized carbons (Fsp3) is 0.344. The second kappa shape index (κ2) is 14.4. The first-order valence-corrected chi connectivity index (χ1v) is 13.9. The fourth-order valence-corrected chi connectivity index (χ4v) is 4.69. The Morgan fingerprint density at radius 1 is 1.00 bits per heavy atom. The number of anilines is 1. The summed E-state index contributed by atoms with van der Waals surface area (Å²) in [6.45, 7) is 7.69. The van der Waals surface area contributed by atoms with Crippen LogP contribution in [0.1, 0.15) is 49.6 Å². The number of hydrogen-bond donors (Lipinski definition) is 3. The van der Waals surface area contributed by atoms with E-state index in [4.69, 9.17) is 10.1 Å². The largest absolute Gasteiger partial charge is 0.481 e. The van der Waals surface area contributed by atoms with Gasteiger partial charge >= 0.3 is 5.97 Å². The van der Waals surface area contributed by atoms with Gasteiger partial charge in [-0.25, -0.2) is 4.99 Å². The normalized spacial score (nSPS) is 15.4. The number of rotatable bonds is 11. The number of nitrogens with one attached hydrogen (secondary N) is 1. The molecule has 4 rings (SSSR count). The van der Waals surface area contributed by atoms with Gasteiger partial charge in [-0.15, -0.1) is 0 Å². The zero-order valence-electron chi connectivity index (χ0n) is 23.3. The Balaban J connectivity index is 1.48. The molecule has 40 heavy (non-hydrogen) atoms. The van der Waals surface area contributed by atoms with Gasteiger partial charge in [-0.2, -0.15) is 0 Å². The number of aliphatic hydroxyl groups excluding tert-OH is 1. The molecule has 0 bridgehead atoms. The molecule has 0 radical (unpaired) electrons. The molecular weight excluding hydrogens is 502 g/mol. The van der Waals surface area contributed by atoms with Crippen LogP contribution in [0.25, 0.3) is 0 Å². The quantitative estimate of drug-likeness (QED) is 0.173. The van der Waals surface area contributed by atoms with Crippen LogP contribution in [0.4, 0.5) is 17.1 Å². The lowest BCUT2D eigenvalue weighted by atomic mass is 10.1. The van der Waals surface area contributed by atoms with Gasteiger partial charge in [0.25, 0.3) is 0 Å². The van der Waals surface area contributed by atoms with Crippen molar-refractivity contribution in [1.29, 1.82) is 0 Å². The van der Waals surface area contributed by atoms with Gasteiger partial charge in [0.1, 0.15) is 6.23 Å². The van der Waals surface area contributed by atoms with Gasteiger partial charge in [-0.3, -0.25) is 14.7 Å². The SMILES string of the molecule is CCc1ccc(N2CCN(C(O)c3ccc(/N=C/c4ccccc4)c(/N=C(\C)NCCCC(=O)O)c3)CC2)cc1. The predicted molar refractivity (Wildman–Crippen MR) is 162 cm³/mol. The van der Waals surface area contributed by atoms with E-state index in [-0.39, 0.29) is 6.42 Å². The summed E-state index contributed by atoms with van der Waals surface area (Å²) in [6, 6.07) is 24.3. The second-order valence-electron chi connectivity index (χ2n) is 9.96. The molecule has 0 aromatic heterocycles. The Bertz CT molecular complexity index is 1300. The van der Waals surface area contributed by atoms with E-state index >= 15 is 0 Å².